The van der Waals surface area contributed by atoms with E-state index in [1.54, 1.807) is 19.2 Å². The molecule has 0 aliphatic heterocycles. The minimum absolute atomic E-state index is 0.0778. The summed E-state index contributed by atoms with van der Waals surface area (Å²) in [6.07, 6.45) is 0.142. The van der Waals surface area contributed by atoms with E-state index < -0.39 is 0 Å². The Morgan fingerprint density at radius 3 is 2.67 bits per heavy atom. The van der Waals surface area contributed by atoms with Gasteiger partial charge in [0.1, 0.15) is 5.75 Å². The van der Waals surface area contributed by atoms with E-state index in [1.807, 2.05) is 26.8 Å². The van der Waals surface area contributed by atoms with Gasteiger partial charge in [-0.3, -0.25) is 4.79 Å². The molecule has 0 aromatic heterocycles. The van der Waals surface area contributed by atoms with Crippen molar-refractivity contribution in [2.45, 2.75) is 33.5 Å². The number of hydrogen-bond acceptors (Lipinski definition) is 3. The lowest BCUT2D eigenvalue weighted by Crippen LogP contribution is -2.22. The van der Waals surface area contributed by atoms with Crippen LogP contribution in [0.2, 0.25) is 0 Å². The summed E-state index contributed by atoms with van der Waals surface area (Å²) in [5.41, 5.74) is 1.51. The largest absolute Gasteiger partial charge is 0.496 e. The van der Waals surface area contributed by atoms with Crippen LogP contribution in [0.5, 0.6) is 5.75 Å². The molecule has 1 aromatic rings. The Balaban J connectivity index is 2.90. The molecule has 4 nitrogen and oxygen atoms in total. The number of rotatable bonds is 6. The summed E-state index contributed by atoms with van der Waals surface area (Å²) in [7, 11) is 1.61. The van der Waals surface area contributed by atoms with Crippen LogP contribution in [-0.4, -0.2) is 25.7 Å². The fourth-order valence-corrected chi connectivity index (χ4v) is 1.55. The lowest BCUT2D eigenvalue weighted by atomic mass is 10.1. The zero-order valence-electron chi connectivity index (χ0n) is 11.4. The second-order valence-corrected chi connectivity index (χ2v) is 4.25. The number of hydrogen-bond donors (Lipinski definition) is 1. The van der Waals surface area contributed by atoms with Gasteiger partial charge in [0, 0.05) is 17.7 Å². The number of ether oxygens (including phenoxy) is 2. The van der Waals surface area contributed by atoms with Crippen molar-refractivity contribution >= 4 is 5.91 Å². The predicted octanol–water partition coefficient (Wildman–Crippen LogP) is 2.37. The molecule has 18 heavy (non-hydrogen) atoms. The van der Waals surface area contributed by atoms with Crippen LogP contribution >= 0.6 is 0 Å². The summed E-state index contributed by atoms with van der Waals surface area (Å²) in [5, 5.41) is 2.77. The summed E-state index contributed by atoms with van der Waals surface area (Å²) < 4.78 is 10.8. The van der Waals surface area contributed by atoms with Crippen LogP contribution < -0.4 is 10.1 Å². The first-order valence-corrected chi connectivity index (χ1v) is 6.15. The predicted molar refractivity (Wildman–Crippen MR) is 70.9 cm³/mol. The van der Waals surface area contributed by atoms with Gasteiger partial charge >= 0.3 is 0 Å². The normalized spacial score (nSPS) is 10.5. The molecule has 0 aliphatic carbocycles. The maximum atomic E-state index is 11.7. The highest BCUT2D eigenvalue weighted by molar-refractivity contribution is 5.94. The van der Waals surface area contributed by atoms with Crippen molar-refractivity contribution in [3.05, 3.63) is 29.3 Å². The smallest absolute Gasteiger partial charge is 0.251 e. The van der Waals surface area contributed by atoms with Gasteiger partial charge in [-0.2, -0.15) is 0 Å². The molecule has 100 valence electrons. The topological polar surface area (TPSA) is 47.6 Å². The third-order valence-electron chi connectivity index (χ3n) is 2.45. The van der Waals surface area contributed by atoms with Crippen LogP contribution in [0.15, 0.2) is 18.2 Å². The van der Waals surface area contributed by atoms with Crippen LogP contribution in [0.1, 0.15) is 36.7 Å². The Morgan fingerprint density at radius 1 is 1.39 bits per heavy atom. The summed E-state index contributed by atoms with van der Waals surface area (Å²) >= 11 is 0. The van der Waals surface area contributed by atoms with Crippen molar-refractivity contribution in [2.24, 2.45) is 0 Å². The highest BCUT2D eigenvalue weighted by atomic mass is 16.5. The van der Waals surface area contributed by atoms with Crippen LogP contribution in [0.25, 0.3) is 0 Å². The molecule has 4 heteroatoms. The first-order valence-electron chi connectivity index (χ1n) is 6.15. The molecule has 0 heterocycles. The number of methoxy groups -OCH3 is 1. The molecule has 0 spiro atoms. The van der Waals surface area contributed by atoms with Gasteiger partial charge < -0.3 is 14.8 Å². The molecule has 0 atom stereocenters. The summed E-state index contributed by atoms with van der Waals surface area (Å²) in [4.78, 5) is 11.7. The van der Waals surface area contributed by atoms with E-state index in [9.17, 15) is 4.79 Å². The van der Waals surface area contributed by atoms with E-state index in [4.69, 9.17) is 9.47 Å². The van der Waals surface area contributed by atoms with Gasteiger partial charge in [0.15, 0.2) is 0 Å². The zero-order chi connectivity index (χ0) is 13.5. The minimum atomic E-state index is -0.0778. The van der Waals surface area contributed by atoms with E-state index in [1.165, 1.54) is 0 Å². The summed E-state index contributed by atoms with van der Waals surface area (Å²) in [6, 6.07) is 5.36. The van der Waals surface area contributed by atoms with Gasteiger partial charge in [-0.25, -0.2) is 0 Å². The Hall–Kier alpha value is -1.55. The monoisotopic (exact) mass is 251 g/mol. The molecule has 0 aliphatic rings. The summed E-state index contributed by atoms with van der Waals surface area (Å²) in [5.74, 6) is 0.662. The highest BCUT2D eigenvalue weighted by Crippen LogP contribution is 2.21. The van der Waals surface area contributed by atoms with Crippen LogP contribution in [0.3, 0.4) is 0 Å². The maximum Gasteiger partial charge on any atom is 0.251 e. The average Bonchev–Trinajstić information content (AvgIpc) is 2.36. The van der Waals surface area contributed by atoms with Crippen LogP contribution in [-0.2, 0) is 11.3 Å². The van der Waals surface area contributed by atoms with E-state index in [0.29, 0.717) is 18.7 Å². The molecule has 0 fully saturated rings. The van der Waals surface area contributed by atoms with Crippen molar-refractivity contribution in [2.75, 3.05) is 13.7 Å². The van der Waals surface area contributed by atoms with E-state index in [0.717, 1.165) is 11.3 Å². The lowest BCUT2D eigenvalue weighted by Gasteiger charge is -2.12. The Kier molecular flexibility index (Phi) is 5.65. The number of carbonyl (C=O) groups is 1. The van der Waals surface area contributed by atoms with E-state index in [2.05, 4.69) is 5.32 Å². The standard InChI is InChI=1S/C14H21NO3/c1-5-15-14(16)11-6-7-13(17-4)12(8-11)9-18-10(2)3/h6-8,10H,5,9H2,1-4H3,(H,15,16). The van der Waals surface area contributed by atoms with Crippen LogP contribution in [0, 0.1) is 0 Å². The number of benzene rings is 1. The van der Waals surface area contributed by atoms with Crippen molar-refractivity contribution in [1.82, 2.24) is 5.32 Å². The van der Waals surface area contributed by atoms with Gasteiger partial charge in [0.2, 0.25) is 0 Å². The molecule has 1 aromatic carbocycles. The molecular formula is C14H21NO3. The molecule has 0 unspecified atom stereocenters. The summed E-state index contributed by atoms with van der Waals surface area (Å²) in [6.45, 7) is 6.89. The third kappa shape index (κ3) is 4.04. The van der Waals surface area contributed by atoms with Crippen molar-refractivity contribution in [3.8, 4) is 5.75 Å². The SMILES string of the molecule is CCNC(=O)c1ccc(OC)c(COC(C)C)c1. The number of carbonyl (C=O) groups excluding carboxylic acids is 1. The van der Waals surface area contributed by atoms with E-state index >= 15 is 0 Å². The second-order valence-electron chi connectivity index (χ2n) is 4.25. The Bertz CT molecular complexity index is 402. The molecule has 0 saturated carbocycles. The van der Waals surface area contributed by atoms with Crippen LogP contribution in [0.4, 0.5) is 0 Å². The Morgan fingerprint density at radius 2 is 2.11 bits per heavy atom. The third-order valence-corrected chi connectivity index (χ3v) is 2.45. The molecule has 1 N–H and O–H groups in total. The second kappa shape index (κ2) is 7.01. The molecular weight excluding hydrogens is 230 g/mol. The van der Waals surface area contributed by atoms with Gasteiger partial charge in [0.05, 0.1) is 19.8 Å². The first kappa shape index (κ1) is 14.5. The maximum absolute atomic E-state index is 11.7. The van der Waals surface area contributed by atoms with Gasteiger partial charge in [-0.1, -0.05) is 0 Å². The van der Waals surface area contributed by atoms with Gasteiger partial charge in [0.25, 0.3) is 5.91 Å². The highest BCUT2D eigenvalue weighted by Gasteiger charge is 2.10. The van der Waals surface area contributed by atoms with Crippen molar-refractivity contribution in [1.29, 1.82) is 0 Å². The van der Waals surface area contributed by atoms with Crippen molar-refractivity contribution < 1.29 is 14.3 Å². The Labute approximate surface area is 108 Å². The molecule has 0 bridgehead atoms. The zero-order valence-corrected chi connectivity index (χ0v) is 11.4. The fourth-order valence-electron chi connectivity index (χ4n) is 1.55. The first-order chi connectivity index (χ1) is 8.58. The van der Waals surface area contributed by atoms with E-state index in [-0.39, 0.29) is 12.0 Å². The van der Waals surface area contributed by atoms with Gasteiger partial charge in [-0.15, -0.1) is 0 Å². The minimum Gasteiger partial charge on any atom is -0.496 e. The molecule has 0 radical (unpaired) electrons. The van der Waals surface area contributed by atoms with Gasteiger partial charge in [-0.05, 0) is 39.0 Å². The quantitative estimate of drug-likeness (QED) is 0.844. The average molecular weight is 251 g/mol. The number of amides is 1. The molecule has 0 saturated heterocycles. The molecule has 1 rings (SSSR count). The lowest BCUT2D eigenvalue weighted by molar-refractivity contribution is 0.0644. The fraction of sp³-hybridized carbons (Fsp3) is 0.500. The van der Waals surface area contributed by atoms with Crippen molar-refractivity contribution in [3.63, 3.8) is 0 Å². The molecule has 1 amide bonds. The number of nitrogens with one attached hydrogen (secondary N) is 1.